The van der Waals surface area contributed by atoms with Crippen LogP contribution in [-0.2, 0) is 22.4 Å². The summed E-state index contributed by atoms with van der Waals surface area (Å²) in [6.07, 6.45) is 3.52. The van der Waals surface area contributed by atoms with E-state index >= 15 is 0 Å². The molecule has 0 spiro atoms. The maximum atomic E-state index is 12.4. The van der Waals surface area contributed by atoms with Crippen LogP contribution in [0.5, 0.6) is 17.2 Å². The van der Waals surface area contributed by atoms with Crippen molar-refractivity contribution >= 4 is 71.0 Å². The molecule has 0 aliphatic rings. The number of nitrogens with one attached hydrogen (secondary N) is 2. The summed E-state index contributed by atoms with van der Waals surface area (Å²) in [7, 11) is 0. The zero-order valence-corrected chi connectivity index (χ0v) is 26.3. The molecule has 10 nitrogen and oxygen atoms in total. The molecule has 2 aromatic carbocycles. The van der Waals surface area contributed by atoms with E-state index < -0.39 is 11.8 Å². The standard InChI is InChI=1S/C26H31Br3N4O6/c1-3-5-7-30-25(35)20(32-37)12-15-10-18(28)24(19(29)11-15)39-22-14-16(9-17(27)23(22)34)13-21(33-38)26(36)31-8-6-4-2/h9-11,14,34,37-38H,3-8,12-13H2,1-2H3,(H,30,35)(H,31,36)/b32-20+,33-21+. The summed E-state index contributed by atoms with van der Waals surface area (Å²) in [5.41, 5.74) is 1.10. The van der Waals surface area contributed by atoms with E-state index in [1.165, 1.54) is 6.07 Å². The number of carbonyl (C=O) groups is 2. The van der Waals surface area contributed by atoms with Gasteiger partial charge in [0.2, 0.25) is 0 Å². The number of carbonyl (C=O) groups excluding carboxylic acids is 2. The Bertz CT molecular complexity index is 1210. The number of unbranched alkanes of at least 4 members (excludes halogenated alkanes) is 2. The summed E-state index contributed by atoms with van der Waals surface area (Å²) < 4.78 is 7.34. The molecular formula is C26H31Br3N4O6. The third-order valence-electron chi connectivity index (χ3n) is 5.50. The van der Waals surface area contributed by atoms with Gasteiger partial charge in [-0.2, -0.15) is 0 Å². The van der Waals surface area contributed by atoms with E-state index in [0.29, 0.717) is 43.4 Å². The lowest BCUT2D eigenvalue weighted by molar-refractivity contribution is -0.115. The van der Waals surface area contributed by atoms with Gasteiger partial charge >= 0.3 is 0 Å². The third kappa shape index (κ3) is 9.80. The second kappa shape index (κ2) is 16.5. The minimum atomic E-state index is -0.483. The first kappa shape index (κ1) is 32.6. The number of phenolic OH excluding ortho intramolecular Hbond substituents is 1. The first-order valence-corrected chi connectivity index (χ1v) is 14.7. The molecule has 0 saturated heterocycles. The molecule has 0 aromatic heterocycles. The number of amides is 2. The van der Waals surface area contributed by atoms with Gasteiger partial charge in [0.1, 0.15) is 11.4 Å². The average Bonchev–Trinajstić information content (AvgIpc) is 2.90. The van der Waals surface area contributed by atoms with E-state index in [0.717, 1.165) is 25.7 Å². The number of hydrogen-bond donors (Lipinski definition) is 5. The van der Waals surface area contributed by atoms with Gasteiger partial charge in [-0.3, -0.25) is 9.59 Å². The van der Waals surface area contributed by atoms with Gasteiger partial charge in [0.05, 0.1) is 13.4 Å². The molecule has 13 heteroatoms. The van der Waals surface area contributed by atoms with Crippen molar-refractivity contribution < 1.29 is 29.8 Å². The van der Waals surface area contributed by atoms with Gasteiger partial charge in [-0.1, -0.05) is 37.0 Å². The fourth-order valence-electron chi connectivity index (χ4n) is 3.40. The molecule has 2 aromatic rings. The Balaban J connectivity index is 2.25. The summed E-state index contributed by atoms with van der Waals surface area (Å²) >= 11 is 10.2. The lowest BCUT2D eigenvalue weighted by Crippen LogP contribution is -2.33. The van der Waals surface area contributed by atoms with Gasteiger partial charge in [-0.25, -0.2) is 0 Å². The summed E-state index contributed by atoms with van der Waals surface area (Å²) in [4.78, 5) is 24.7. The van der Waals surface area contributed by atoms with Crippen molar-refractivity contribution in [3.63, 3.8) is 0 Å². The Morgan fingerprint density at radius 3 is 1.67 bits per heavy atom. The van der Waals surface area contributed by atoms with Crippen molar-refractivity contribution in [2.24, 2.45) is 10.3 Å². The van der Waals surface area contributed by atoms with E-state index in [1.54, 1.807) is 18.2 Å². The van der Waals surface area contributed by atoms with Gasteiger partial charge in [0.25, 0.3) is 11.8 Å². The van der Waals surface area contributed by atoms with Crippen LogP contribution in [-0.4, -0.2) is 51.8 Å². The van der Waals surface area contributed by atoms with Gasteiger partial charge in [-0.15, -0.1) is 0 Å². The monoisotopic (exact) mass is 732 g/mol. The Morgan fingerprint density at radius 1 is 0.795 bits per heavy atom. The average molecular weight is 735 g/mol. The van der Waals surface area contributed by atoms with Crippen LogP contribution in [0.4, 0.5) is 0 Å². The van der Waals surface area contributed by atoms with Crippen molar-refractivity contribution in [2.45, 2.75) is 52.4 Å². The Hall–Kier alpha value is -2.64. The van der Waals surface area contributed by atoms with Crippen molar-refractivity contribution in [1.29, 1.82) is 0 Å². The Labute approximate surface area is 252 Å². The summed E-state index contributed by atoms with van der Waals surface area (Å²) in [5.74, 6) is -0.681. The van der Waals surface area contributed by atoms with Crippen molar-refractivity contribution in [3.05, 3.63) is 48.8 Å². The SMILES string of the molecule is CCCCNC(=O)/C(Cc1cc(Br)c(Oc2cc(C/C(=N\O)C(=O)NCCCC)cc(Br)c2O)c(Br)c1)=N/O. The highest BCUT2D eigenvalue weighted by Gasteiger charge is 2.20. The number of benzene rings is 2. The van der Waals surface area contributed by atoms with Gasteiger partial charge < -0.3 is 30.9 Å². The maximum absolute atomic E-state index is 12.4. The number of rotatable bonds is 14. The number of halogens is 3. The third-order valence-corrected chi connectivity index (χ3v) is 7.28. The molecule has 0 unspecified atom stereocenters. The maximum Gasteiger partial charge on any atom is 0.269 e. The molecule has 2 rings (SSSR count). The minimum absolute atomic E-state index is 0.00539. The van der Waals surface area contributed by atoms with E-state index in [-0.39, 0.29) is 35.8 Å². The fourth-order valence-corrected chi connectivity index (χ4v) is 5.33. The number of hydrogen-bond acceptors (Lipinski definition) is 8. The zero-order chi connectivity index (χ0) is 28.9. The molecule has 0 aliphatic carbocycles. The largest absolute Gasteiger partial charge is 0.503 e. The van der Waals surface area contributed by atoms with E-state index in [1.807, 2.05) is 13.8 Å². The molecular weight excluding hydrogens is 704 g/mol. The number of nitrogens with zero attached hydrogens (tertiary/aromatic N) is 2. The van der Waals surface area contributed by atoms with E-state index in [9.17, 15) is 25.1 Å². The van der Waals surface area contributed by atoms with E-state index in [2.05, 4.69) is 68.7 Å². The number of oxime groups is 2. The Kier molecular flexibility index (Phi) is 13.7. The van der Waals surface area contributed by atoms with Crippen LogP contribution < -0.4 is 15.4 Å². The molecule has 0 heterocycles. The minimum Gasteiger partial charge on any atom is -0.503 e. The topological polar surface area (TPSA) is 153 Å². The summed E-state index contributed by atoms with van der Waals surface area (Å²) in [5, 5.41) is 41.1. The van der Waals surface area contributed by atoms with Crippen molar-refractivity contribution in [1.82, 2.24) is 10.6 Å². The van der Waals surface area contributed by atoms with E-state index in [4.69, 9.17) is 4.74 Å². The lowest BCUT2D eigenvalue weighted by atomic mass is 10.1. The van der Waals surface area contributed by atoms with Gasteiger partial charge in [0, 0.05) is 25.9 Å². The van der Waals surface area contributed by atoms with Crippen molar-refractivity contribution in [3.8, 4) is 17.2 Å². The number of aromatic hydroxyl groups is 1. The van der Waals surface area contributed by atoms with Gasteiger partial charge in [-0.05, 0) is 96.0 Å². The molecule has 0 atom stereocenters. The zero-order valence-electron chi connectivity index (χ0n) is 21.6. The van der Waals surface area contributed by atoms with Crippen LogP contribution in [0.15, 0.2) is 48.0 Å². The molecule has 212 valence electrons. The highest BCUT2D eigenvalue weighted by molar-refractivity contribution is 9.11. The van der Waals surface area contributed by atoms with Crippen LogP contribution in [0.25, 0.3) is 0 Å². The summed E-state index contributed by atoms with van der Waals surface area (Å²) in [6.45, 7) is 4.97. The van der Waals surface area contributed by atoms with Crippen LogP contribution in [0, 0.1) is 0 Å². The summed E-state index contributed by atoms with van der Waals surface area (Å²) in [6, 6.07) is 6.55. The lowest BCUT2D eigenvalue weighted by Gasteiger charge is -2.15. The smallest absolute Gasteiger partial charge is 0.269 e. The number of phenols is 1. The second-order valence-electron chi connectivity index (χ2n) is 8.58. The first-order valence-electron chi connectivity index (χ1n) is 12.3. The molecule has 5 N–H and O–H groups in total. The molecule has 0 radical (unpaired) electrons. The van der Waals surface area contributed by atoms with Gasteiger partial charge in [0.15, 0.2) is 17.2 Å². The fraction of sp³-hybridized carbons (Fsp3) is 0.385. The van der Waals surface area contributed by atoms with Crippen LogP contribution in [0.3, 0.4) is 0 Å². The molecule has 0 fully saturated rings. The predicted molar refractivity (Wildman–Crippen MR) is 159 cm³/mol. The molecule has 0 saturated carbocycles. The second-order valence-corrected chi connectivity index (χ2v) is 11.1. The highest BCUT2D eigenvalue weighted by Crippen LogP contribution is 2.43. The predicted octanol–water partition coefficient (Wildman–Crippen LogP) is 6.05. The molecule has 0 bridgehead atoms. The normalized spacial score (nSPS) is 11.8. The first-order chi connectivity index (χ1) is 18.6. The van der Waals surface area contributed by atoms with Crippen molar-refractivity contribution in [2.75, 3.05) is 13.1 Å². The number of ether oxygens (including phenoxy) is 1. The Morgan fingerprint density at radius 2 is 1.23 bits per heavy atom. The highest BCUT2D eigenvalue weighted by atomic mass is 79.9. The quantitative estimate of drug-likeness (QED) is 0.0690. The van der Waals surface area contributed by atoms with Crippen LogP contribution >= 0.6 is 47.8 Å². The van der Waals surface area contributed by atoms with Crippen LogP contribution in [0.1, 0.15) is 50.7 Å². The molecule has 2 amide bonds. The van der Waals surface area contributed by atoms with Crippen LogP contribution in [0.2, 0.25) is 0 Å². The molecule has 0 aliphatic heterocycles. The molecule has 39 heavy (non-hydrogen) atoms.